The second kappa shape index (κ2) is 4.41. The van der Waals surface area contributed by atoms with Gasteiger partial charge in [0, 0.05) is 22.6 Å². The van der Waals surface area contributed by atoms with Gasteiger partial charge in [0.25, 0.3) is 0 Å². The number of benzene rings is 2. The fraction of sp³-hybridized carbons (Fsp3) is 0.250. The summed E-state index contributed by atoms with van der Waals surface area (Å²) >= 11 is 0. The van der Waals surface area contributed by atoms with Gasteiger partial charge in [-0.2, -0.15) is 0 Å². The molecule has 4 nitrogen and oxygen atoms in total. The second-order valence-corrected chi connectivity index (χ2v) is 6.72. The van der Waals surface area contributed by atoms with Crippen LogP contribution in [-0.4, -0.2) is 6.61 Å². The fourth-order valence-electron chi connectivity index (χ4n) is 3.99. The highest BCUT2D eigenvalue weighted by Crippen LogP contribution is 2.56. The topological polar surface area (TPSA) is 48.7 Å². The van der Waals surface area contributed by atoms with E-state index >= 15 is 0 Å². The summed E-state index contributed by atoms with van der Waals surface area (Å²) in [7, 11) is 0. The molecule has 2 aliphatic heterocycles. The summed E-state index contributed by atoms with van der Waals surface area (Å²) < 4.78 is 17.8. The third-order valence-corrected chi connectivity index (χ3v) is 5.21. The number of hydrogen-bond donors (Lipinski definition) is 0. The van der Waals surface area contributed by atoms with Gasteiger partial charge in [-0.25, -0.2) is 4.79 Å². The molecule has 0 saturated carbocycles. The van der Waals surface area contributed by atoms with E-state index in [-0.39, 0.29) is 11.5 Å². The molecule has 0 bridgehead atoms. The van der Waals surface area contributed by atoms with Crippen LogP contribution in [0.2, 0.25) is 0 Å². The van der Waals surface area contributed by atoms with E-state index in [1.54, 1.807) is 6.07 Å². The van der Waals surface area contributed by atoms with Crippen LogP contribution in [-0.2, 0) is 5.60 Å². The molecule has 0 fully saturated rings. The van der Waals surface area contributed by atoms with Crippen molar-refractivity contribution in [2.75, 3.05) is 6.61 Å². The molecule has 2 aromatic carbocycles. The van der Waals surface area contributed by atoms with Crippen molar-refractivity contribution in [1.82, 2.24) is 0 Å². The average molecular weight is 320 g/mol. The third-order valence-electron chi connectivity index (χ3n) is 5.21. The second-order valence-electron chi connectivity index (χ2n) is 6.72. The van der Waals surface area contributed by atoms with Gasteiger partial charge in [-0.1, -0.05) is 11.6 Å². The summed E-state index contributed by atoms with van der Waals surface area (Å²) in [4.78, 5) is 11.5. The molecule has 1 aromatic heterocycles. The number of rotatable bonds is 0. The van der Waals surface area contributed by atoms with Crippen LogP contribution in [0.5, 0.6) is 11.5 Å². The van der Waals surface area contributed by atoms with Gasteiger partial charge in [0.2, 0.25) is 0 Å². The molecule has 0 spiro atoms. The number of hydrogen-bond acceptors (Lipinski definition) is 4. The first kappa shape index (κ1) is 13.7. The smallest absolute Gasteiger partial charge is 0.336 e. The van der Waals surface area contributed by atoms with Crippen molar-refractivity contribution >= 4 is 11.0 Å². The van der Waals surface area contributed by atoms with Gasteiger partial charge >= 0.3 is 5.63 Å². The van der Waals surface area contributed by atoms with E-state index < -0.39 is 5.60 Å². The lowest BCUT2D eigenvalue weighted by atomic mass is 9.77. The van der Waals surface area contributed by atoms with E-state index in [2.05, 4.69) is 26.0 Å². The minimum absolute atomic E-state index is 0.0539. The monoisotopic (exact) mass is 320 g/mol. The van der Waals surface area contributed by atoms with Crippen LogP contribution >= 0.6 is 0 Å². The van der Waals surface area contributed by atoms with Crippen LogP contribution in [0.1, 0.15) is 29.5 Å². The normalized spacial score (nSPS) is 23.8. The van der Waals surface area contributed by atoms with Gasteiger partial charge in [-0.3, -0.25) is 0 Å². The van der Waals surface area contributed by atoms with Gasteiger partial charge in [0.05, 0.1) is 12.5 Å². The van der Waals surface area contributed by atoms with E-state index in [4.69, 9.17) is 13.9 Å². The highest BCUT2D eigenvalue weighted by atomic mass is 16.5. The van der Waals surface area contributed by atoms with Crippen LogP contribution < -0.4 is 15.1 Å². The number of aryl methyl sites for hydroxylation is 1. The molecule has 0 radical (unpaired) electrons. The zero-order chi connectivity index (χ0) is 16.5. The maximum atomic E-state index is 11.5. The molecule has 5 rings (SSSR count). The van der Waals surface area contributed by atoms with Crippen LogP contribution in [0, 0.1) is 6.92 Å². The van der Waals surface area contributed by atoms with Gasteiger partial charge in [-0.05, 0) is 44.2 Å². The van der Waals surface area contributed by atoms with Crippen molar-refractivity contribution < 1.29 is 13.9 Å². The summed E-state index contributed by atoms with van der Waals surface area (Å²) in [5.74, 6) is 1.77. The molecule has 2 aliphatic rings. The lowest BCUT2D eigenvalue weighted by Gasteiger charge is -2.37. The van der Waals surface area contributed by atoms with Crippen molar-refractivity contribution in [3.63, 3.8) is 0 Å². The average Bonchev–Trinajstić information content (AvgIpc) is 2.87. The molecule has 0 amide bonds. The van der Waals surface area contributed by atoms with Crippen LogP contribution in [0.15, 0.2) is 51.7 Å². The maximum Gasteiger partial charge on any atom is 0.336 e. The Labute approximate surface area is 138 Å². The zero-order valence-electron chi connectivity index (χ0n) is 13.5. The summed E-state index contributed by atoms with van der Waals surface area (Å²) in [5, 5.41) is 0.917. The Kier molecular flexibility index (Phi) is 2.51. The molecule has 24 heavy (non-hydrogen) atoms. The quantitative estimate of drug-likeness (QED) is 0.590. The Morgan fingerprint density at radius 2 is 1.92 bits per heavy atom. The van der Waals surface area contributed by atoms with Crippen molar-refractivity contribution in [2.24, 2.45) is 0 Å². The Bertz CT molecular complexity index is 1050. The first-order valence-corrected chi connectivity index (χ1v) is 8.06. The Hall–Kier alpha value is -2.75. The molecule has 2 unspecified atom stereocenters. The molecule has 0 aliphatic carbocycles. The molecule has 3 aromatic rings. The minimum atomic E-state index is -0.480. The van der Waals surface area contributed by atoms with Gasteiger partial charge in [0.15, 0.2) is 0 Å². The summed E-state index contributed by atoms with van der Waals surface area (Å²) in [6, 6.07) is 13.2. The Morgan fingerprint density at radius 3 is 2.79 bits per heavy atom. The molecule has 120 valence electrons. The van der Waals surface area contributed by atoms with E-state index in [9.17, 15) is 4.79 Å². The molecular formula is C20H16O4. The van der Waals surface area contributed by atoms with E-state index in [0.717, 1.165) is 28.0 Å². The van der Waals surface area contributed by atoms with E-state index in [0.29, 0.717) is 12.2 Å². The first-order chi connectivity index (χ1) is 11.6. The first-order valence-electron chi connectivity index (χ1n) is 8.06. The SMILES string of the molecule is Cc1ccc2c(c1)C1(C)Oc3ccc4oc(=O)ccc4c3C1CO2. The lowest BCUT2D eigenvalue weighted by molar-refractivity contribution is 0.0436. The summed E-state index contributed by atoms with van der Waals surface area (Å²) in [6.07, 6.45) is 0. The highest BCUT2D eigenvalue weighted by Gasteiger charge is 2.51. The lowest BCUT2D eigenvalue weighted by Crippen LogP contribution is -2.38. The van der Waals surface area contributed by atoms with Crippen LogP contribution in [0.3, 0.4) is 0 Å². The summed E-state index contributed by atoms with van der Waals surface area (Å²) in [6.45, 7) is 4.72. The van der Waals surface area contributed by atoms with Crippen molar-refractivity contribution in [2.45, 2.75) is 25.4 Å². The Balaban J connectivity index is 1.78. The molecule has 0 N–H and O–H groups in total. The predicted octanol–water partition coefficient (Wildman–Crippen LogP) is 3.89. The minimum Gasteiger partial charge on any atom is -0.492 e. The van der Waals surface area contributed by atoms with Crippen LogP contribution in [0.4, 0.5) is 0 Å². The van der Waals surface area contributed by atoms with Gasteiger partial charge in [-0.15, -0.1) is 0 Å². The zero-order valence-corrected chi connectivity index (χ0v) is 13.5. The van der Waals surface area contributed by atoms with Gasteiger partial charge < -0.3 is 13.9 Å². The largest absolute Gasteiger partial charge is 0.492 e. The number of ether oxygens (including phenoxy) is 2. The fourth-order valence-corrected chi connectivity index (χ4v) is 3.99. The molecule has 0 saturated heterocycles. The third kappa shape index (κ3) is 1.65. The molecular weight excluding hydrogens is 304 g/mol. The van der Waals surface area contributed by atoms with Crippen molar-refractivity contribution in [1.29, 1.82) is 0 Å². The molecule has 2 atom stereocenters. The highest BCUT2D eigenvalue weighted by molar-refractivity contribution is 5.85. The summed E-state index contributed by atoms with van der Waals surface area (Å²) in [5.41, 5.74) is 3.07. The van der Waals surface area contributed by atoms with E-state index in [1.807, 2.05) is 18.2 Å². The Morgan fingerprint density at radius 1 is 1.08 bits per heavy atom. The van der Waals surface area contributed by atoms with Gasteiger partial charge in [0.1, 0.15) is 22.7 Å². The van der Waals surface area contributed by atoms with Crippen molar-refractivity contribution in [3.8, 4) is 11.5 Å². The van der Waals surface area contributed by atoms with Crippen LogP contribution in [0.25, 0.3) is 11.0 Å². The van der Waals surface area contributed by atoms with E-state index in [1.165, 1.54) is 11.6 Å². The molecule has 3 heterocycles. The molecule has 4 heteroatoms. The van der Waals surface area contributed by atoms with Crippen molar-refractivity contribution in [3.05, 3.63) is 69.6 Å². The number of fused-ring (bicyclic) bond motifs is 7. The standard InChI is InChI=1S/C20H16O4/c1-11-3-5-16-13(9-11)20(2)14(10-22-16)19-12-4-8-18(21)23-15(12)6-7-17(19)24-20/h3-9,14H,10H2,1-2H3. The predicted molar refractivity (Wildman–Crippen MR) is 89.9 cm³/mol. The maximum absolute atomic E-state index is 11.5.